The fourth-order valence-electron chi connectivity index (χ4n) is 1.31. The second-order valence-corrected chi connectivity index (χ2v) is 3.89. The number of hydrogen-bond donors (Lipinski definition) is 0. The largest absolute Gasteiger partial charge is 0.633 e. The minimum Gasteiger partial charge on any atom is -0.633 e. The highest BCUT2D eigenvalue weighted by atomic mass is 16.5. The monoisotopic (exact) mass is 179 g/mol. The molecule has 0 saturated heterocycles. The van der Waals surface area contributed by atoms with Crippen LogP contribution < -0.4 is 0 Å². The molecule has 1 aromatic carbocycles. The van der Waals surface area contributed by atoms with E-state index in [-0.39, 0.29) is 4.65 Å². The number of rotatable bonds is 4. The Morgan fingerprint density at radius 1 is 1.15 bits per heavy atom. The summed E-state index contributed by atoms with van der Waals surface area (Å²) < 4.78 is -0.188. The van der Waals surface area contributed by atoms with Gasteiger partial charge in [-0.1, -0.05) is 30.3 Å². The fourth-order valence-corrected chi connectivity index (χ4v) is 1.31. The van der Waals surface area contributed by atoms with Crippen LogP contribution >= 0.6 is 0 Å². The number of aryl methyl sites for hydroxylation is 1. The summed E-state index contributed by atoms with van der Waals surface area (Å²) in [5, 5.41) is 11.2. The quantitative estimate of drug-likeness (QED) is 0.513. The van der Waals surface area contributed by atoms with Crippen molar-refractivity contribution in [2.45, 2.75) is 12.8 Å². The van der Waals surface area contributed by atoms with E-state index in [0.717, 1.165) is 12.8 Å². The number of nitrogens with zero attached hydrogens (tertiary/aromatic N) is 1. The third-order valence-electron chi connectivity index (χ3n) is 2.00. The van der Waals surface area contributed by atoms with Gasteiger partial charge >= 0.3 is 0 Å². The lowest BCUT2D eigenvalue weighted by Gasteiger charge is -2.33. The van der Waals surface area contributed by atoms with E-state index >= 15 is 0 Å². The van der Waals surface area contributed by atoms with Crippen LogP contribution in [0, 0.1) is 5.21 Å². The smallest absolute Gasteiger partial charge is 0.0783 e. The molecule has 13 heavy (non-hydrogen) atoms. The second-order valence-electron chi connectivity index (χ2n) is 3.89. The molecule has 0 unspecified atom stereocenters. The average molecular weight is 179 g/mol. The zero-order valence-electron chi connectivity index (χ0n) is 8.36. The van der Waals surface area contributed by atoms with Crippen molar-refractivity contribution >= 4 is 0 Å². The van der Waals surface area contributed by atoms with Gasteiger partial charge in [-0.05, 0) is 12.0 Å². The summed E-state index contributed by atoms with van der Waals surface area (Å²) in [4.78, 5) is 0. The van der Waals surface area contributed by atoms with Crippen LogP contribution in [0.3, 0.4) is 0 Å². The number of hydroxylamine groups is 3. The lowest BCUT2D eigenvalue weighted by atomic mass is 10.1. The van der Waals surface area contributed by atoms with E-state index in [4.69, 9.17) is 0 Å². The SMILES string of the molecule is C[N+](C)([O-])CCCc1ccccc1. The predicted octanol–water partition coefficient (Wildman–Crippen LogP) is 2.19. The Kier molecular flexibility index (Phi) is 3.46. The second kappa shape index (κ2) is 4.40. The molecule has 0 heterocycles. The van der Waals surface area contributed by atoms with E-state index in [0.29, 0.717) is 6.54 Å². The molecule has 1 rings (SSSR count). The van der Waals surface area contributed by atoms with Gasteiger partial charge in [0.1, 0.15) is 0 Å². The normalized spacial score (nSPS) is 11.6. The highest BCUT2D eigenvalue weighted by Crippen LogP contribution is 2.04. The summed E-state index contributed by atoms with van der Waals surface area (Å²) in [7, 11) is 3.37. The Morgan fingerprint density at radius 2 is 1.77 bits per heavy atom. The molecule has 0 N–H and O–H groups in total. The van der Waals surface area contributed by atoms with E-state index < -0.39 is 0 Å². The first-order chi connectivity index (χ1) is 6.08. The summed E-state index contributed by atoms with van der Waals surface area (Å²) >= 11 is 0. The molecule has 0 radical (unpaired) electrons. The Balaban J connectivity index is 2.29. The van der Waals surface area contributed by atoms with Crippen molar-refractivity contribution in [3.63, 3.8) is 0 Å². The van der Waals surface area contributed by atoms with Crippen molar-refractivity contribution in [3.05, 3.63) is 41.1 Å². The van der Waals surface area contributed by atoms with Crippen LogP contribution in [0.5, 0.6) is 0 Å². The van der Waals surface area contributed by atoms with Crippen LogP contribution in [0.4, 0.5) is 0 Å². The summed E-state index contributed by atoms with van der Waals surface area (Å²) in [5.74, 6) is 0. The Morgan fingerprint density at radius 3 is 2.31 bits per heavy atom. The van der Waals surface area contributed by atoms with Crippen molar-refractivity contribution in [1.82, 2.24) is 0 Å². The van der Waals surface area contributed by atoms with E-state index in [1.807, 2.05) is 18.2 Å². The topological polar surface area (TPSA) is 23.1 Å². The van der Waals surface area contributed by atoms with Crippen molar-refractivity contribution in [3.8, 4) is 0 Å². The number of benzene rings is 1. The fraction of sp³-hybridized carbons (Fsp3) is 0.455. The van der Waals surface area contributed by atoms with Gasteiger partial charge in [0.15, 0.2) is 0 Å². The molecule has 1 aromatic rings. The molecule has 0 aliphatic heterocycles. The molecule has 0 saturated carbocycles. The van der Waals surface area contributed by atoms with Gasteiger partial charge in [-0.3, -0.25) is 0 Å². The maximum Gasteiger partial charge on any atom is 0.0783 e. The Bertz CT molecular complexity index is 238. The van der Waals surface area contributed by atoms with Crippen molar-refractivity contribution < 1.29 is 4.65 Å². The summed E-state index contributed by atoms with van der Waals surface area (Å²) in [6.07, 6.45) is 1.96. The minimum atomic E-state index is -0.188. The van der Waals surface area contributed by atoms with Gasteiger partial charge in [-0.25, -0.2) is 0 Å². The highest BCUT2D eigenvalue weighted by Gasteiger charge is 2.00. The van der Waals surface area contributed by atoms with Crippen molar-refractivity contribution in [2.75, 3.05) is 20.6 Å². The predicted molar refractivity (Wildman–Crippen MR) is 55.1 cm³/mol. The first-order valence-electron chi connectivity index (χ1n) is 4.66. The lowest BCUT2D eigenvalue weighted by Crippen LogP contribution is -2.33. The number of hydrogen-bond acceptors (Lipinski definition) is 1. The maximum absolute atomic E-state index is 11.2. The molecule has 0 bridgehead atoms. The van der Waals surface area contributed by atoms with Crippen LogP contribution in [-0.4, -0.2) is 25.3 Å². The number of quaternary nitrogens is 1. The first kappa shape index (κ1) is 10.2. The molecular weight excluding hydrogens is 162 g/mol. The average Bonchev–Trinajstić information content (AvgIpc) is 2.04. The van der Waals surface area contributed by atoms with Gasteiger partial charge in [0.05, 0.1) is 20.6 Å². The summed E-state index contributed by atoms with van der Waals surface area (Å²) in [5.41, 5.74) is 1.32. The molecule has 2 nitrogen and oxygen atoms in total. The molecule has 0 amide bonds. The van der Waals surface area contributed by atoms with Gasteiger partial charge in [0.2, 0.25) is 0 Å². The van der Waals surface area contributed by atoms with Gasteiger partial charge in [0.25, 0.3) is 0 Å². The molecule has 0 aliphatic carbocycles. The van der Waals surface area contributed by atoms with E-state index in [2.05, 4.69) is 12.1 Å². The van der Waals surface area contributed by atoms with Crippen molar-refractivity contribution in [2.24, 2.45) is 0 Å². The molecule has 0 atom stereocenters. The zero-order chi connectivity index (χ0) is 9.73. The minimum absolute atomic E-state index is 0.188. The molecule has 0 aliphatic rings. The van der Waals surface area contributed by atoms with Gasteiger partial charge in [0, 0.05) is 6.42 Å². The molecular formula is C11H17NO. The maximum atomic E-state index is 11.2. The summed E-state index contributed by atoms with van der Waals surface area (Å²) in [6, 6.07) is 10.3. The van der Waals surface area contributed by atoms with Gasteiger partial charge < -0.3 is 9.85 Å². The third kappa shape index (κ3) is 4.65. The third-order valence-corrected chi connectivity index (χ3v) is 2.00. The standard InChI is InChI=1S/C11H17NO/c1-12(2,13)10-6-9-11-7-4-3-5-8-11/h3-5,7-8H,6,9-10H2,1-2H3. The van der Waals surface area contributed by atoms with Crippen LogP contribution in [0.15, 0.2) is 30.3 Å². The summed E-state index contributed by atoms with van der Waals surface area (Å²) in [6.45, 7) is 0.689. The molecule has 0 spiro atoms. The van der Waals surface area contributed by atoms with E-state index in [9.17, 15) is 5.21 Å². The molecule has 2 heteroatoms. The molecule has 72 valence electrons. The molecule has 0 aromatic heterocycles. The van der Waals surface area contributed by atoms with Crippen LogP contribution in [0.25, 0.3) is 0 Å². The van der Waals surface area contributed by atoms with Gasteiger partial charge in [-0.15, -0.1) is 0 Å². The van der Waals surface area contributed by atoms with E-state index in [1.54, 1.807) is 14.1 Å². The Hall–Kier alpha value is -0.860. The Labute approximate surface area is 80.0 Å². The van der Waals surface area contributed by atoms with Crippen LogP contribution in [-0.2, 0) is 6.42 Å². The first-order valence-corrected chi connectivity index (χ1v) is 4.66. The zero-order valence-corrected chi connectivity index (χ0v) is 8.36. The van der Waals surface area contributed by atoms with Crippen LogP contribution in [0.1, 0.15) is 12.0 Å². The van der Waals surface area contributed by atoms with Gasteiger partial charge in [-0.2, -0.15) is 0 Å². The van der Waals surface area contributed by atoms with Crippen LogP contribution in [0.2, 0.25) is 0 Å². The lowest BCUT2D eigenvalue weighted by molar-refractivity contribution is -0.840. The van der Waals surface area contributed by atoms with E-state index in [1.165, 1.54) is 5.56 Å². The molecule has 0 fully saturated rings. The highest BCUT2D eigenvalue weighted by molar-refractivity contribution is 5.14. The van der Waals surface area contributed by atoms with Crippen molar-refractivity contribution in [1.29, 1.82) is 0 Å².